The number of hydrogen-bond donors (Lipinski definition) is 0. The molecule has 1 aromatic heterocycles. The van der Waals surface area contributed by atoms with Crippen LogP contribution in [-0.2, 0) is 16.2 Å². The van der Waals surface area contributed by atoms with E-state index in [1.54, 1.807) is 0 Å². The first-order valence-electron chi connectivity index (χ1n) is 5.59. The fraction of sp³-hybridized carbons (Fsp3) is 0.455. The monoisotopic (exact) mass is 395 g/mol. The van der Waals surface area contributed by atoms with Crippen LogP contribution in [0.1, 0.15) is 28.7 Å². The molecule has 11 heteroatoms. The van der Waals surface area contributed by atoms with Crippen LogP contribution in [0.5, 0.6) is 5.75 Å². The Morgan fingerprint density at radius 3 is 2.27 bits per heavy atom. The first kappa shape index (κ1) is 18.5. The minimum absolute atomic E-state index is 0.258. The number of aromatic nitrogens is 1. The molecule has 1 aromatic rings. The van der Waals surface area contributed by atoms with E-state index in [-0.39, 0.29) is 6.61 Å². The third-order valence-electron chi connectivity index (χ3n) is 2.18. The second-order valence-corrected chi connectivity index (χ2v) is 4.29. The topological polar surface area (TPSA) is 48.4 Å². The van der Waals surface area contributed by atoms with Crippen LogP contribution in [0.25, 0.3) is 0 Å². The Bertz CT molecular complexity index is 558. The molecular weight excluding hydrogens is 388 g/mol. The van der Waals surface area contributed by atoms with Gasteiger partial charge in [-0.1, -0.05) is 15.9 Å². The summed E-state index contributed by atoms with van der Waals surface area (Å²) in [5.41, 5.74) is -3.45. The molecular formula is C11H8BrF6NO3. The average molecular weight is 396 g/mol. The van der Waals surface area contributed by atoms with E-state index in [0.717, 1.165) is 0 Å². The number of nitrogens with zero attached hydrogens (tertiary/aromatic N) is 1. The lowest BCUT2D eigenvalue weighted by Gasteiger charge is -2.16. The highest BCUT2D eigenvalue weighted by atomic mass is 79.9. The number of hydrogen-bond acceptors (Lipinski definition) is 4. The van der Waals surface area contributed by atoms with Crippen LogP contribution in [0.15, 0.2) is 6.07 Å². The van der Waals surface area contributed by atoms with Crippen molar-refractivity contribution in [3.63, 3.8) is 0 Å². The summed E-state index contributed by atoms with van der Waals surface area (Å²) in [5.74, 6) is -2.46. The van der Waals surface area contributed by atoms with Crippen LogP contribution in [0.2, 0.25) is 0 Å². The third-order valence-corrected chi connectivity index (χ3v) is 2.71. The summed E-state index contributed by atoms with van der Waals surface area (Å²) < 4.78 is 83.5. The fourth-order valence-corrected chi connectivity index (χ4v) is 1.82. The summed E-state index contributed by atoms with van der Waals surface area (Å²) in [5, 5.41) is -0.440. The molecule has 0 radical (unpaired) electrons. The highest BCUT2D eigenvalue weighted by Gasteiger charge is 2.40. The average Bonchev–Trinajstić information content (AvgIpc) is 2.35. The lowest BCUT2D eigenvalue weighted by molar-refractivity contribution is -0.275. The zero-order chi connectivity index (χ0) is 17.1. The van der Waals surface area contributed by atoms with Gasteiger partial charge in [-0.3, -0.25) is 0 Å². The molecule has 0 aromatic carbocycles. The van der Waals surface area contributed by atoms with Gasteiger partial charge < -0.3 is 9.47 Å². The molecule has 4 nitrogen and oxygen atoms in total. The van der Waals surface area contributed by atoms with Gasteiger partial charge in [-0.25, -0.2) is 9.78 Å². The molecule has 0 aliphatic heterocycles. The van der Waals surface area contributed by atoms with Crippen molar-refractivity contribution in [2.45, 2.75) is 24.8 Å². The second kappa shape index (κ2) is 6.71. The minimum atomic E-state index is -5.15. The van der Waals surface area contributed by atoms with Crippen molar-refractivity contribution < 1.29 is 40.6 Å². The lowest BCUT2D eigenvalue weighted by atomic mass is 10.1. The molecule has 0 bridgehead atoms. The Morgan fingerprint density at radius 2 is 1.86 bits per heavy atom. The van der Waals surface area contributed by atoms with Gasteiger partial charge in [-0.2, -0.15) is 13.2 Å². The number of alkyl halides is 7. The summed E-state index contributed by atoms with van der Waals surface area (Å²) in [6.07, 6.45) is -10.2. The van der Waals surface area contributed by atoms with Crippen LogP contribution in [0.4, 0.5) is 26.3 Å². The standard InChI is InChI=1S/C11H8BrF6NO3/c1-2-21-9(20)5-3-7(22-11(16,17)18)6(4-12)19-8(5)10(13,14)15/h3H,2,4H2,1H3. The van der Waals surface area contributed by atoms with Crippen LogP contribution >= 0.6 is 15.9 Å². The van der Waals surface area contributed by atoms with Gasteiger partial charge in [0.15, 0.2) is 11.4 Å². The number of pyridine rings is 1. The van der Waals surface area contributed by atoms with Gasteiger partial charge in [0.05, 0.1) is 17.9 Å². The van der Waals surface area contributed by atoms with E-state index in [2.05, 4.69) is 30.4 Å². The van der Waals surface area contributed by atoms with Crippen LogP contribution in [0, 0.1) is 0 Å². The van der Waals surface area contributed by atoms with Gasteiger partial charge in [0, 0.05) is 5.33 Å². The molecule has 0 saturated carbocycles. The molecule has 0 unspecified atom stereocenters. The molecule has 1 rings (SSSR count). The number of carbonyl (C=O) groups excluding carboxylic acids is 1. The van der Waals surface area contributed by atoms with Crippen LogP contribution in [-0.4, -0.2) is 23.9 Å². The van der Waals surface area contributed by atoms with Crippen molar-refractivity contribution in [1.29, 1.82) is 0 Å². The Hall–Kier alpha value is -1.52. The molecule has 124 valence electrons. The molecule has 0 aliphatic rings. The van der Waals surface area contributed by atoms with Crippen LogP contribution < -0.4 is 4.74 Å². The minimum Gasteiger partial charge on any atom is -0.462 e. The number of carbonyl (C=O) groups is 1. The van der Waals surface area contributed by atoms with Crippen molar-refractivity contribution in [3.8, 4) is 5.75 Å². The molecule has 0 atom stereocenters. The smallest absolute Gasteiger partial charge is 0.462 e. The largest absolute Gasteiger partial charge is 0.573 e. The normalized spacial score (nSPS) is 12.2. The predicted octanol–water partition coefficient (Wildman–Crippen LogP) is 4.07. The summed E-state index contributed by atoms with van der Waals surface area (Å²) in [7, 11) is 0. The van der Waals surface area contributed by atoms with E-state index in [1.165, 1.54) is 6.92 Å². The maximum absolute atomic E-state index is 12.9. The van der Waals surface area contributed by atoms with E-state index in [4.69, 9.17) is 0 Å². The molecule has 0 fully saturated rings. The van der Waals surface area contributed by atoms with E-state index >= 15 is 0 Å². The molecule has 0 saturated heterocycles. The number of esters is 1. The number of ether oxygens (including phenoxy) is 2. The van der Waals surface area contributed by atoms with Gasteiger partial charge in [-0.05, 0) is 13.0 Å². The quantitative estimate of drug-likeness (QED) is 0.438. The lowest BCUT2D eigenvalue weighted by Crippen LogP contribution is -2.22. The first-order chi connectivity index (χ1) is 9.99. The molecule has 0 aliphatic carbocycles. The molecule has 1 heterocycles. The summed E-state index contributed by atoms with van der Waals surface area (Å²) in [6, 6.07) is 0.317. The van der Waals surface area contributed by atoms with E-state index in [1.807, 2.05) is 0 Å². The van der Waals surface area contributed by atoms with Crippen molar-refractivity contribution in [2.75, 3.05) is 6.61 Å². The SMILES string of the molecule is CCOC(=O)c1cc(OC(F)(F)F)c(CBr)nc1C(F)(F)F. The molecule has 22 heavy (non-hydrogen) atoms. The maximum Gasteiger partial charge on any atom is 0.573 e. The van der Waals surface area contributed by atoms with Gasteiger partial charge >= 0.3 is 18.5 Å². The number of halogens is 7. The summed E-state index contributed by atoms with van der Waals surface area (Å²) >= 11 is 2.72. The Kier molecular flexibility index (Phi) is 5.65. The van der Waals surface area contributed by atoms with E-state index in [0.29, 0.717) is 6.07 Å². The van der Waals surface area contributed by atoms with Crippen LogP contribution in [0.3, 0.4) is 0 Å². The molecule has 0 amide bonds. The van der Waals surface area contributed by atoms with E-state index < -0.39 is 46.5 Å². The zero-order valence-corrected chi connectivity index (χ0v) is 12.4. The van der Waals surface area contributed by atoms with Gasteiger partial charge in [0.2, 0.25) is 0 Å². The molecule has 0 spiro atoms. The maximum atomic E-state index is 12.9. The van der Waals surface area contributed by atoms with Gasteiger partial charge in [0.1, 0.15) is 0 Å². The van der Waals surface area contributed by atoms with Crippen molar-refractivity contribution in [1.82, 2.24) is 4.98 Å². The van der Waals surface area contributed by atoms with Gasteiger partial charge in [0.25, 0.3) is 0 Å². The third kappa shape index (κ3) is 4.75. The summed E-state index contributed by atoms with van der Waals surface area (Å²) in [6.45, 7) is 1.07. The van der Waals surface area contributed by atoms with Crippen molar-refractivity contribution in [3.05, 3.63) is 23.0 Å². The summed E-state index contributed by atoms with van der Waals surface area (Å²) in [4.78, 5) is 14.6. The predicted molar refractivity (Wildman–Crippen MR) is 64.5 cm³/mol. The fourth-order valence-electron chi connectivity index (χ4n) is 1.42. The Morgan fingerprint density at radius 1 is 1.27 bits per heavy atom. The van der Waals surface area contributed by atoms with Crippen molar-refractivity contribution in [2.24, 2.45) is 0 Å². The zero-order valence-electron chi connectivity index (χ0n) is 10.8. The van der Waals surface area contributed by atoms with E-state index in [9.17, 15) is 31.1 Å². The Labute approximate surface area is 128 Å². The first-order valence-corrected chi connectivity index (χ1v) is 6.71. The second-order valence-electron chi connectivity index (χ2n) is 3.73. The molecule has 0 N–H and O–H groups in total. The highest BCUT2D eigenvalue weighted by molar-refractivity contribution is 9.08. The van der Waals surface area contributed by atoms with Gasteiger partial charge in [-0.15, -0.1) is 13.2 Å². The highest BCUT2D eigenvalue weighted by Crippen LogP contribution is 2.36. The number of rotatable bonds is 4. The Balaban J connectivity index is 3.49. The van der Waals surface area contributed by atoms with Crippen molar-refractivity contribution >= 4 is 21.9 Å².